The van der Waals surface area contributed by atoms with Gasteiger partial charge in [-0.15, -0.1) is 0 Å². The van der Waals surface area contributed by atoms with Crippen LogP contribution in [0.25, 0.3) is 11.1 Å². The molecule has 5 heteroatoms. The summed E-state index contributed by atoms with van der Waals surface area (Å²) in [4.78, 5) is 22.9. The van der Waals surface area contributed by atoms with Crippen LogP contribution in [0.15, 0.2) is 30.7 Å². The molecular weight excluding hydrogens is 302 g/mol. The highest BCUT2D eigenvalue weighted by molar-refractivity contribution is 5.88. The van der Waals surface area contributed by atoms with Crippen LogP contribution in [0, 0.1) is 6.92 Å². The molecule has 3 rings (SSSR count). The molecule has 0 bridgehead atoms. The van der Waals surface area contributed by atoms with Crippen molar-refractivity contribution in [2.24, 2.45) is 0 Å². The van der Waals surface area contributed by atoms with Gasteiger partial charge in [0, 0.05) is 36.3 Å². The normalized spacial score (nSPS) is 14.2. The summed E-state index contributed by atoms with van der Waals surface area (Å²) in [6.45, 7) is 8.28. The van der Waals surface area contributed by atoms with Gasteiger partial charge in [0.05, 0.1) is 0 Å². The molecule has 0 fully saturated rings. The Morgan fingerprint density at radius 3 is 2.62 bits per heavy atom. The van der Waals surface area contributed by atoms with Crippen molar-refractivity contribution in [3.63, 3.8) is 0 Å². The highest BCUT2D eigenvalue weighted by atomic mass is 16.6. The number of hydrogen-bond donors (Lipinski definition) is 0. The number of fused-ring (bicyclic) bond motifs is 1. The fourth-order valence-electron chi connectivity index (χ4n) is 2.83. The van der Waals surface area contributed by atoms with Crippen LogP contribution in [0.5, 0.6) is 0 Å². The molecule has 24 heavy (non-hydrogen) atoms. The number of carbonyl (C=O) groups is 1. The monoisotopic (exact) mass is 325 g/mol. The largest absolute Gasteiger partial charge is 0.443 e. The molecule has 5 nitrogen and oxygen atoms in total. The lowest BCUT2D eigenvalue weighted by atomic mass is 10.0. The third kappa shape index (κ3) is 3.55. The number of aromatic nitrogens is 2. The zero-order valence-electron chi connectivity index (χ0n) is 14.7. The first kappa shape index (κ1) is 16.4. The molecule has 0 aromatic carbocycles. The van der Waals surface area contributed by atoms with Crippen LogP contribution in [0.1, 0.15) is 38.3 Å². The lowest BCUT2D eigenvalue weighted by molar-refractivity contribution is 0.0576. The van der Waals surface area contributed by atoms with Gasteiger partial charge in [-0.25, -0.2) is 9.78 Å². The maximum Gasteiger partial charge on any atom is 0.416 e. The standard InChI is InChI=1S/C19H23N3O2/c1-13-8-15(11-20-10-13)16-9-14-6-5-7-22(17(14)21-12-16)18(23)24-19(2,3)4/h8-12H,5-7H2,1-4H3. The number of amides is 1. The molecule has 1 aliphatic heterocycles. The van der Waals surface area contributed by atoms with E-state index in [0.717, 1.165) is 35.1 Å². The summed E-state index contributed by atoms with van der Waals surface area (Å²) in [7, 11) is 0. The molecule has 2 aromatic rings. The Bertz CT molecular complexity index is 765. The lowest BCUT2D eigenvalue weighted by Crippen LogP contribution is -2.40. The van der Waals surface area contributed by atoms with E-state index >= 15 is 0 Å². The van der Waals surface area contributed by atoms with Crippen molar-refractivity contribution < 1.29 is 9.53 Å². The van der Waals surface area contributed by atoms with Crippen molar-refractivity contribution in [2.45, 2.75) is 46.1 Å². The Hall–Kier alpha value is -2.43. The van der Waals surface area contributed by atoms with Crippen LogP contribution in [-0.4, -0.2) is 28.2 Å². The van der Waals surface area contributed by atoms with Crippen LogP contribution in [0.4, 0.5) is 10.6 Å². The fraction of sp³-hybridized carbons (Fsp3) is 0.421. The molecule has 0 radical (unpaired) electrons. The zero-order valence-corrected chi connectivity index (χ0v) is 14.7. The van der Waals surface area contributed by atoms with Gasteiger partial charge in [0.25, 0.3) is 0 Å². The summed E-state index contributed by atoms with van der Waals surface area (Å²) in [5, 5.41) is 0. The van der Waals surface area contributed by atoms with Crippen LogP contribution in [-0.2, 0) is 11.2 Å². The van der Waals surface area contributed by atoms with Gasteiger partial charge < -0.3 is 4.74 Å². The number of nitrogens with zero attached hydrogens (tertiary/aromatic N) is 3. The Balaban J connectivity index is 1.91. The average Bonchev–Trinajstić information content (AvgIpc) is 2.52. The van der Waals surface area contributed by atoms with Gasteiger partial charge in [-0.2, -0.15) is 0 Å². The van der Waals surface area contributed by atoms with Crippen molar-refractivity contribution in [3.05, 3.63) is 41.9 Å². The molecule has 0 saturated carbocycles. The number of anilines is 1. The maximum absolute atomic E-state index is 12.4. The fourth-order valence-corrected chi connectivity index (χ4v) is 2.83. The highest BCUT2D eigenvalue weighted by Gasteiger charge is 2.28. The first-order chi connectivity index (χ1) is 11.3. The minimum absolute atomic E-state index is 0.332. The molecule has 0 spiro atoms. The summed E-state index contributed by atoms with van der Waals surface area (Å²) in [6.07, 6.45) is 6.96. The summed E-state index contributed by atoms with van der Waals surface area (Å²) < 4.78 is 5.50. The lowest BCUT2D eigenvalue weighted by Gasteiger charge is -2.30. The summed E-state index contributed by atoms with van der Waals surface area (Å²) in [5.74, 6) is 0.708. The molecular formula is C19H23N3O2. The molecule has 126 valence electrons. The highest BCUT2D eigenvalue weighted by Crippen LogP contribution is 2.30. The molecule has 0 N–H and O–H groups in total. The Kier molecular flexibility index (Phi) is 4.26. The molecule has 1 aliphatic rings. The van der Waals surface area contributed by atoms with Crippen LogP contribution in [0.3, 0.4) is 0 Å². The molecule has 0 unspecified atom stereocenters. The van der Waals surface area contributed by atoms with E-state index in [1.54, 1.807) is 11.1 Å². The van der Waals surface area contributed by atoms with E-state index in [1.165, 1.54) is 0 Å². The predicted octanol–water partition coefficient (Wildman–Crippen LogP) is 4.14. The van der Waals surface area contributed by atoms with Crippen LogP contribution in [0.2, 0.25) is 0 Å². The van der Waals surface area contributed by atoms with E-state index in [-0.39, 0.29) is 6.09 Å². The second kappa shape index (κ2) is 6.23. The number of aryl methyl sites for hydroxylation is 2. The van der Waals surface area contributed by atoms with Crippen molar-refractivity contribution in [1.29, 1.82) is 0 Å². The van der Waals surface area contributed by atoms with E-state index in [2.05, 4.69) is 22.1 Å². The maximum atomic E-state index is 12.4. The van der Waals surface area contributed by atoms with E-state index in [4.69, 9.17) is 4.74 Å². The number of rotatable bonds is 1. The van der Waals surface area contributed by atoms with Crippen molar-refractivity contribution in [1.82, 2.24) is 9.97 Å². The first-order valence-corrected chi connectivity index (χ1v) is 8.25. The second-order valence-electron chi connectivity index (χ2n) is 7.19. The van der Waals surface area contributed by atoms with Gasteiger partial charge in [0.2, 0.25) is 0 Å². The second-order valence-corrected chi connectivity index (χ2v) is 7.19. The first-order valence-electron chi connectivity index (χ1n) is 8.25. The molecule has 0 aliphatic carbocycles. The summed E-state index contributed by atoms with van der Waals surface area (Å²) in [5.41, 5.74) is 3.74. The van der Waals surface area contributed by atoms with Crippen LogP contribution < -0.4 is 4.90 Å². The van der Waals surface area contributed by atoms with Gasteiger partial charge >= 0.3 is 6.09 Å². The Morgan fingerprint density at radius 2 is 1.92 bits per heavy atom. The summed E-state index contributed by atoms with van der Waals surface area (Å²) in [6, 6.07) is 4.19. The van der Waals surface area contributed by atoms with Gasteiger partial charge in [0.15, 0.2) is 0 Å². The zero-order chi connectivity index (χ0) is 17.3. The van der Waals surface area contributed by atoms with Crippen LogP contribution >= 0.6 is 0 Å². The Labute approximate surface area is 142 Å². The molecule has 2 aromatic heterocycles. The van der Waals surface area contributed by atoms with E-state index in [0.29, 0.717) is 12.4 Å². The number of pyridine rings is 2. The Morgan fingerprint density at radius 1 is 1.17 bits per heavy atom. The SMILES string of the molecule is Cc1cncc(-c2cnc3c(c2)CCCN3C(=O)OC(C)(C)C)c1. The number of ether oxygens (including phenoxy) is 1. The van der Waals surface area contributed by atoms with Gasteiger partial charge in [-0.1, -0.05) is 0 Å². The van der Waals surface area contributed by atoms with Gasteiger partial charge in [-0.3, -0.25) is 9.88 Å². The van der Waals surface area contributed by atoms with Crippen molar-refractivity contribution >= 4 is 11.9 Å². The van der Waals surface area contributed by atoms with Crippen molar-refractivity contribution in [3.8, 4) is 11.1 Å². The quantitative estimate of drug-likeness (QED) is 0.791. The number of carbonyl (C=O) groups excluding carboxylic acids is 1. The molecule has 0 saturated heterocycles. The molecule has 3 heterocycles. The summed E-state index contributed by atoms with van der Waals surface area (Å²) >= 11 is 0. The smallest absolute Gasteiger partial charge is 0.416 e. The van der Waals surface area contributed by atoms with Crippen molar-refractivity contribution in [2.75, 3.05) is 11.4 Å². The van der Waals surface area contributed by atoms with Gasteiger partial charge in [0.1, 0.15) is 11.4 Å². The number of hydrogen-bond acceptors (Lipinski definition) is 4. The van der Waals surface area contributed by atoms with E-state index in [9.17, 15) is 4.79 Å². The van der Waals surface area contributed by atoms with Gasteiger partial charge in [-0.05, 0) is 63.8 Å². The minimum atomic E-state index is -0.512. The van der Waals surface area contributed by atoms with E-state index in [1.807, 2.05) is 40.1 Å². The minimum Gasteiger partial charge on any atom is -0.443 e. The topological polar surface area (TPSA) is 55.3 Å². The molecule has 1 amide bonds. The molecule has 0 atom stereocenters. The third-order valence-electron chi connectivity index (χ3n) is 3.85. The average molecular weight is 325 g/mol. The predicted molar refractivity (Wildman–Crippen MR) is 94.1 cm³/mol. The third-order valence-corrected chi connectivity index (χ3v) is 3.85. The van der Waals surface area contributed by atoms with E-state index < -0.39 is 5.60 Å².